The van der Waals surface area contributed by atoms with E-state index in [-0.39, 0.29) is 18.4 Å². The van der Waals surface area contributed by atoms with Gasteiger partial charge in [0.05, 0.1) is 41.3 Å². The van der Waals surface area contributed by atoms with Crippen LogP contribution in [0, 0.1) is 35.0 Å². The number of alkyl halides is 3. The van der Waals surface area contributed by atoms with Crippen LogP contribution in [0.25, 0.3) is 0 Å². The number of fused-ring (bicyclic) bond motifs is 1. The summed E-state index contributed by atoms with van der Waals surface area (Å²) in [5.74, 6) is 5.90. The lowest BCUT2D eigenvalue weighted by Gasteiger charge is -2.37. The number of pyridine rings is 1. The second kappa shape index (κ2) is 12.3. The maximum absolute atomic E-state index is 13.5. The highest BCUT2D eigenvalue weighted by Gasteiger charge is 2.40. The van der Waals surface area contributed by atoms with Crippen molar-refractivity contribution in [2.75, 3.05) is 64.2 Å². The third kappa shape index (κ3) is 7.42. The fourth-order valence-electron chi connectivity index (χ4n) is 5.15. The van der Waals surface area contributed by atoms with Crippen LogP contribution in [0.4, 0.5) is 18.9 Å². The molecule has 1 aromatic rings. The van der Waals surface area contributed by atoms with Gasteiger partial charge in [-0.1, -0.05) is 18.1 Å². The molecular formula is C29H36F3N7. The van der Waals surface area contributed by atoms with Crippen LogP contribution in [0.15, 0.2) is 54.0 Å². The summed E-state index contributed by atoms with van der Waals surface area (Å²) in [4.78, 5) is 10.4. The number of anilines is 1. The van der Waals surface area contributed by atoms with E-state index in [1.54, 1.807) is 32.2 Å². The molecule has 1 aliphatic carbocycles. The average Bonchev–Trinajstić information content (AvgIpc) is 3.25. The molecule has 1 fully saturated rings. The molecule has 3 heterocycles. The lowest BCUT2D eigenvalue weighted by molar-refractivity contribution is -0.137. The van der Waals surface area contributed by atoms with Gasteiger partial charge in [-0.3, -0.25) is 9.88 Å². The second-order valence-corrected chi connectivity index (χ2v) is 10.7. The number of hydrogen-bond acceptors (Lipinski definition) is 7. The van der Waals surface area contributed by atoms with E-state index in [0.717, 1.165) is 45.0 Å². The Morgan fingerprint density at radius 2 is 1.90 bits per heavy atom. The minimum Gasteiger partial charge on any atom is -0.373 e. The molecule has 208 valence electrons. The SMILES string of the molecule is CC(C)(C#N)c1ccc(NCC#CC2=CC3C(=CC=CC3CN3CCN(CCN)CC3)N2CC(F)(F)F)cn1. The summed E-state index contributed by atoms with van der Waals surface area (Å²) in [6.45, 7) is 8.86. The van der Waals surface area contributed by atoms with Gasteiger partial charge in [0.2, 0.25) is 0 Å². The minimum atomic E-state index is -4.35. The van der Waals surface area contributed by atoms with Gasteiger partial charge >= 0.3 is 6.18 Å². The van der Waals surface area contributed by atoms with E-state index in [4.69, 9.17) is 5.73 Å². The molecule has 0 spiro atoms. The van der Waals surface area contributed by atoms with Gasteiger partial charge in [0.1, 0.15) is 6.54 Å². The fourth-order valence-corrected chi connectivity index (χ4v) is 5.15. The summed E-state index contributed by atoms with van der Waals surface area (Å²) in [5, 5.41) is 12.4. The Morgan fingerprint density at radius 1 is 1.15 bits per heavy atom. The van der Waals surface area contributed by atoms with Crippen LogP contribution in [-0.4, -0.2) is 84.8 Å². The first-order chi connectivity index (χ1) is 18.6. The van der Waals surface area contributed by atoms with Crippen molar-refractivity contribution in [1.29, 1.82) is 5.26 Å². The molecule has 39 heavy (non-hydrogen) atoms. The van der Waals surface area contributed by atoms with Crippen molar-refractivity contribution in [3.8, 4) is 17.9 Å². The molecule has 7 nitrogen and oxygen atoms in total. The molecule has 1 saturated heterocycles. The van der Waals surface area contributed by atoms with Crippen molar-refractivity contribution >= 4 is 5.69 Å². The molecule has 0 saturated carbocycles. The molecular weight excluding hydrogens is 503 g/mol. The van der Waals surface area contributed by atoms with Gasteiger partial charge in [-0.2, -0.15) is 18.4 Å². The Bertz CT molecular complexity index is 1190. The highest BCUT2D eigenvalue weighted by atomic mass is 19.4. The number of nitrogens with one attached hydrogen (secondary N) is 1. The predicted octanol–water partition coefficient (Wildman–Crippen LogP) is 3.32. The third-order valence-electron chi connectivity index (χ3n) is 7.37. The van der Waals surface area contributed by atoms with E-state index in [0.29, 0.717) is 23.6 Å². The van der Waals surface area contributed by atoms with Crippen molar-refractivity contribution in [3.63, 3.8) is 0 Å². The van der Waals surface area contributed by atoms with Gasteiger partial charge in [-0.15, -0.1) is 0 Å². The van der Waals surface area contributed by atoms with Crippen LogP contribution in [0.2, 0.25) is 0 Å². The Morgan fingerprint density at radius 3 is 2.54 bits per heavy atom. The molecule has 3 aliphatic rings. The Labute approximate surface area is 228 Å². The van der Waals surface area contributed by atoms with Crippen LogP contribution in [0.5, 0.6) is 0 Å². The van der Waals surface area contributed by atoms with E-state index in [1.807, 2.05) is 18.2 Å². The highest BCUT2D eigenvalue weighted by Crippen LogP contribution is 2.40. The normalized spacial score (nSPS) is 21.9. The number of halogens is 3. The van der Waals surface area contributed by atoms with Gasteiger partial charge in [-0.05, 0) is 44.1 Å². The van der Waals surface area contributed by atoms with Gasteiger partial charge in [0, 0.05) is 63.3 Å². The Balaban J connectivity index is 1.43. The maximum atomic E-state index is 13.5. The summed E-state index contributed by atoms with van der Waals surface area (Å²) in [7, 11) is 0. The van der Waals surface area contributed by atoms with Gasteiger partial charge in [0.15, 0.2) is 0 Å². The number of piperazine rings is 1. The average molecular weight is 540 g/mol. The molecule has 0 radical (unpaired) electrons. The molecule has 2 unspecified atom stereocenters. The number of nitriles is 1. The maximum Gasteiger partial charge on any atom is 0.406 e. The topological polar surface area (TPSA) is 84.5 Å². The summed E-state index contributed by atoms with van der Waals surface area (Å²) >= 11 is 0. The predicted molar refractivity (Wildman–Crippen MR) is 146 cm³/mol. The first-order valence-corrected chi connectivity index (χ1v) is 13.3. The van der Waals surface area contributed by atoms with Crippen molar-refractivity contribution < 1.29 is 13.2 Å². The van der Waals surface area contributed by atoms with Crippen LogP contribution in [0.1, 0.15) is 19.5 Å². The number of hydrogen-bond donors (Lipinski definition) is 2. The van der Waals surface area contributed by atoms with Crippen molar-refractivity contribution in [1.82, 2.24) is 19.7 Å². The number of nitrogens with two attached hydrogens (primary N) is 1. The zero-order valence-electron chi connectivity index (χ0n) is 22.5. The van der Waals surface area contributed by atoms with E-state index < -0.39 is 18.1 Å². The van der Waals surface area contributed by atoms with Gasteiger partial charge in [-0.25, -0.2) is 0 Å². The smallest absolute Gasteiger partial charge is 0.373 e. The number of rotatable bonds is 8. The second-order valence-electron chi connectivity index (χ2n) is 10.7. The molecule has 0 amide bonds. The van der Waals surface area contributed by atoms with Crippen LogP contribution in [-0.2, 0) is 5.41 Å². The zero-order chi connectivity index (χ0) is 28.0. The molecule has 1 aromatic heterocycles. The summed E-state index contributed by atoms with van der Waals surface area (Å²) in [6, 6.07) is 5.82. The summed E-state index contributed by atoms with van der Waals surface area (Å²) < 4.78 is 40.6. The lowest BCUT2D eigenvalue weighted by atomic mass is 9.86. The lowest BCUT2D eigenvalue weighted by Crippen LogP contribution is -2.49. The van der Waals surface area contributed by atoms with Crippen molar-refractivity contribution in [3.05, 3.63) is 59.7 Å². The first kappa shape index (κ1) is 28.7. The molecule has 0 bridgehead atoms. The van der Waals surface area contributed by atoms with E-state index in [2.05, 4.69) is 44.1 Å². The Hall–Kier alpha value is -3.31. The molecule has 2 aliphatic heterocycles. The monoisotopic (exact) mass is 539 g/mol. The van der Waals surface area contributed by atoms with Gasteiger partial charge in [0.25, 0.3) is 0 Å². The quantitative estimate of drug-likeness (QED) is 0.491. The van der Waals surface area contributed by atoms with E-state index >= 15 is 0 Å². The summed E-state index contributed by atoms with van der Waals surface area (Å²) in [5.41, 5.74) is 7.42. The van der Waals surface area contributed by atoms with Crippen molar-refractivity contribution in [2.45, 2.75) is 25.4 Å². The standard InChI is InChI=1S/C29H36F3N7/c1-28(2,20-34)27-9-8-23(18-36-27)35-11-4-6-24-17-25-22(19-38-15-13-37(12-10-33)14-16-38)5-3-7-26(25)39(24)21-29(30,31)32/h3,5,7-9,17-18,22,25,35H,10-16,19,21,33H2,1-2H3. The third-order valence-corrected chi connectivity index (χ3v) is 7.37. The highest BCUT2D eigenvalue weighted by molar-refractivity contribution is 5.46. The number of allylic oxidation sites excluding steroid dienone is 4. The number of nitrogens with zero attached hydrogens (tertiary/aromatic N) is 5. The molecule has 0 aromatic carbocycles. The fraction of sp³-hybridized carbons (Fsp3) is 0.517. The van der Waals surface area contributed by atoms with Gasteiger partial charge < -0.3 is 20.9 Å². The minimum absolute atomic E-state index is 0.0847. The van der Waals surface area contributed by atoms with Crippen LogP contribution >= 0.6 is 0 Å². The Kier molecular flexibility index (Phi) is 9.01. The zero-order valence-corrected chi connectivity index (χ0v) is 22.5. The number of aromatic nitrogens is 1. The molecule has 4 rings (SSSR count). The van der Waals surface area contributed by atoms with Crippen LogP contribution < -0.4 is 11.1 Å². The van der Waals surface area contributed by atoms with Crippen LogP contribution in [0.3, 0.4) is 0 Å². The largest absolute Gasteiger partial charge is 0.406 e. The van der Waals surface area contributed by atoms with E-state index in [9.17, 15) is 18.4 Å². The summed E-state index contributed by atoms with van der Waals surface area (Å²) in [6.07, 6.45) is 4.93. The molecule has 3 N–H and O–H groups in total. The first-order valence-electron chi connectivity index (χ1n) is 13.3. The van der Waals surface area contributed by atoms with E-state index in [1.165, 1.54) is 4.90 Å². The van der Waals surface area contributed by atoms with Crippen molar-refractivity contribution in [2.24, 2.45) is 17.6 Å². The molecule has 10 heteroatoms. The molecule has 2 atom stereocenters.